The Morgan fingerprint density at radius 1 is 1.35 bits per heavy atom. The maximum absolute atomic E-state index is 11.9. The van der Waals surface area contributed by atoms with E-state index in [1.807, 2.05) is 6.92 Å². The van der Waals surface area contributed by atoms with Crippen molar-refractivity contribution in [2.45, 2.75) is 65.0 Å². The zero-order valence-corrected chi connectivity index (χ0v) is 12.8. The van der Waals surface area contributed by atoms with Crippen molar-refractivity contribution in [3.05, 3.63) is 28.2 Å². The highest BCUT2D eigenvalue weighted by Crippen LogP contribution is 2.27. The SMILES string of the molecule is CCCNC(Cn1nc(C)ccc1=O)C1CCCCC1. The Bertz CT molecular complexity index is 463. The lowest BCUT2D eigenvalue weighted by atomic mass is 9.84. The molecule has 1 aromatic heterocycles. The molecular formula is C16H27N3O. The minimum Gasteiger partial charge on any atom is -0.312 e. The van der Waals surface area contributed by atoms with E-state index in [0.717, 1.165) is 18.7 Å². The lowest BCUT2D eigenvalue weighted by molar-refractivity contribution is 0.240. The van der Waals surface area contributed by atoms with Gasteiger partial charge in [0.15, 0.2) is 0 Å². The molecule has 1 N–H and O–H groups in total. The van der Waals surface area contributed by atoms with E-state index in [2.05, 4.69) is 17.3 Å². The molecule has 0 saturated heterocycles. The Hall–Kier alpha value is -1.16. The second-order valence-corrected chi connectivity index (χ2v) is 5.95. The Labute approximate surface area is 121 Å². The molecule has 1 aliphatic carbocycles. The van der Waals surface area contributed by atoms with Crippen molar-refractivity contribution >= 4 is 0 Å². The second kappa shape index (κ2) is 7.58. The third-order valence-electron chi connectivity index (χ3n) is 4.24. The van der Waals surface area contributed by atoms with Gasteiger partial charge in [0.2, 0.25) is 0 Å². The lowest BCUT2D eigenvalue weighted by Crippen LogP contribution is -2.43. The van der Waals surface area contributed by atoms with Gasteiger partial charge in [-0.3, -0.25) is 4.79 Å². The van der Waals surface area contributed by atoms with Gasteiger partial charge in [0.25, 0.3) is 5.56 Å². The van der Waals surface area contributed by atoms with E-state index in [0.29, 0.717) is 18.5 Å². The van der Waals surface area contributed by atoms with Gasteiger partial charge in [-0.15, -0.1) is 0 Å². The van der Waals surface area contributed by atoms with Crippen LogP contribution in [0.2, 0.25) is 0 Å². The average molecular weight is 277 g/mol. The summed E-state index contributed by atoms with van der Waals surface area (Å²) in [6.45, 7) is 5.83. The molecule has 1 heterocycles. The van der Waals surface area contributed by atoms with Crippen LogP contribution in [0.5, 0.6) is 0 Å². The van der Waals surface area contributed by atoms with Crippen LogP contribution in [0.3, 0.4) is 0 Å². The number of aryl methyl sites for hydroxylation is 1. The topological polar surface area (TPSA) is 46.9 Å². The maximum Gasteiger partial charge on any atom is 0.266 e. The molecule has 4 nitrogen and oxygen atoms in total. The van der Waals surface area contributed by atoms with Crippen molar-refractivity contribution in [3.8, 4) is 0 Å². The van der Waals surface area contributed by atoms with Crippen LogP contribution in [-0.4, -0.2) is 22.4 Å². The highest BCUT2D eigenvalue weighted by atomic mass is 16.1. The van der Waals surface area contributed by atoms with Crippen LogP contribution in [0.25, 0.3) is 0 Å². The minimum atomic E-state index is 0.00899. The molecule has 1 aromatic rings. The van der Waals surface area contributed by atoms with Crippen LogP contribution in [0.4, 0.5) is 0 Å². The van der Waals surface area contributed by atoms with E-state index in [4.69, 9.17) is 0 Å². The van der Waals surface area contributed by atoms with E-state index < -0.39 is 0 Å². The molecule has 112 valence electrons. The molecule has 20 heavy (non-hydrogen) atoms. The fourth-order valence-electron chi connectivity index (χ4n) is 3.11. The summed E-state index contributed by atoms with van der Waals surface area (Å²) in [6.07, 6.45) is 7.69. The molecule has 4 heteroatoms. The minimum absolute atomic E-state index is 0.00899. The first-order valence-corrected chi connectivity index (χ1v) is 7.99. The van der Waals surface area contributed by atoms with Crippen LogP contribution < -0.4 is 10.9 Å². The predicted octanol–water partition coefficient (Wildman–Crippen LogP) is 2.50. The average Bonchev–Trinajstić information content (AvgIpc) is 2.48. The number of hydrogen-bond acceptors (Lipinski definition) is 3. The summed E-state index contributed by atoms with van der Waals surface area (Å²) < 4.78 is 1.64. The van der Waals surface area contributed by atoms with Gasteiger partial charge >= 0.3 is 0 Å². The van der Waals surface area contributed by atoms with Gasteiger partial charge in [-0.25, -0.2) is 4.68 Å². The van der Waals surface area contributed by atoms with Crippen LogP contribution in [-0.2, 0) is 6.54 Å². The molecule has 1 fully saturated rings. The number of nitrogens with one attached hydrogen (secondary N) is 1. The molecule has 1 atom stereocenters. The third-order valence-corrected chi connectivity index (χ3v) is 4.24. The van der Waals surface area contributed by atoms with Crippen molar-refractivity contribution in [2.24, 2.45) is 5.92 Å². The molecule has 0 spiro atoms. The first-order valence-electron chi connectivity index (χ1n) is 7.99. The summed E-state index contributed by atoms with van der Waals surface area (Å²) in [6, 6.07) is 3.79. The van der Waals surface area contributed by atoms with Crippen LogP contribution in [0.1, 0.15) is 51.1 Å². The number of hydrogen-bond donors (Lipinski definition) is 1. The van der Waals surface area contributed by atoms with Crippen molar-refractivity contribution in [3.63, 3.8) is 0 Å². The normalized spacial score (nSPS) is 18.1. The first kappa shape index (κ1) is 15.2. The van der Waals surface area contributed by atoms with Gasteiger partial charge in [0.1, 0.15) is 0 Å². The third kappa shape index (κ3) is 4.17. The molecule has 0 amide bonds. The number of nitrogens with zero attached hydrogens (tertiary/aromatic N) is 2. The molecule has 0 radical (unpaired) electrons. The standard InChI is InChI=1S/C16H27N3O/c1-3-11-17-15(14-7-5-4-6-8-14)12-19-16(20)10-9-13(2)18-19/h9-10,14-15,17H,3-8,11-12H2,1-2H3. The highest BCUT2D eigenvalue weighted by Gasteiger charge is 2.24. The molecule has 2 rings (SSSR count). The van der Waals surface area contributed by atoms with Gasteiger partial charge in [0, 0.05) is 12.1 Å². The maximum atomic E-state index is 11.9. The summed E-state index contributed by atoms with van der Waals surface area (Å²) >= 11 is 0. The van der Waals surface area contributed by atoms with Gasteiger partial charge in [-0.05, 0) is 44.7 Å². The number of aromatic nitrogens is 2. The molecule has 1 saturated carbocycles. The van der Waals surface area contributed by atoms with E-state index in [-0.39, 0.29) is 5.56 Å². The van der Waals surface area contributed by atoms with Crippen molar-refractivity contribution < 1.29 is 0 Å². The van der Waals surface area contributed by atoms with E-state index in [9.17, 15) is 4.79 Å². The summed E-state index contributed by atoms with van der Waals surface area (Å²) in [7, 11) is 0. The highest BCUT2D eigenvalue weighted by molar-refractivity contribution is 4.97. The first-order chi connectivity index (χ1) is 9.70. The molecule has 1 aliphatic rings. The van der Waals surface area contributed by atoms with Crippen LogP contribution in [0, 0.1) is 12.8 Å². The second-order valence-electron chi connectivity index (χ2n) is 5.95. The van der Waals surface area contributed by atoms with Crippen molar-refractivity contribution in [1.29, 1.82) is 0 Å². The molecule has 1 unspecified atom stereocenters. The summed E-state index contributed by atoms with van der Waals surface area (Å²) in [4.78, 5) is 11.9. The molecular weight excluding hydrogens is 250 g/mol. The quantitative estimate of drug-likeness (QED) is 0.869. The van der Waals surface area contributed by atoms with Gasteiger partial charge in [-0.2, -0.15) is 5.10 Å². The summed E-state index contributed by atoms with van der Waals surface area (Å²) in [5.74, 6) is 0.685. The fourth-order valence-corrected chi connectivity index (χ4v) is 3.11. The monoisotopic (exact) mass is 277 g/mol. The largest absolute Gasteiger partial charge is 0.312 e. The lowest BCUT2D eigenvalue weighted by Gasteiger charge is -2.31. The zero-order valence-electron chi connectivity index (χ0n) is 12.8. The van der Waals surface area contributed by atoms with Crippen LogP contribution in [0.15, 0.2) is 16.9 Å². The van der Waals surface area contributed by atoms with E-state index in [1.54, 1.807) is 16.8 Å². The fraction of sp³-hybridized carbons (Fsp3) is 0.750. The van der Waals surface area contributed by atoms with Crippen molar-refractivity contribution in [2.75, 3.05) is 6.54 Å². The summed E-state index contributed by atoms with van der Waals surface area (Å²) in [5, 5.41) is 8.01. The predicted molar refractivity (Wildman–Crippen MR) is 81.9 cm³/mol. The Balaban J connectivity index is 2.09. The zero-order chi connectivity index (χ0) is 14.4. The summed E-state index contributed by atoms with van der Waals surface area (Å²) in [5.41, 5.74) is 0.914. The molecule has 0 aromatic carbocycles. The van der Waals surface area contributed by atoms with Gasteiger partial charge < -0.3 is 5.32 Å². The van der Waals surface area contributed by atoms with E-state index >= 15 is 0 Å². The van der Waals surface area contributed by atoms with E-state index in [1.165, 1.54) is 32.1 Å². The Morgan fingerprint density at radius 2 is 2.10 bits per heavy atom. The molecule has 0 bridgehead atoms. The van der Waals surface area contributed by atoms with Crippen LogP contribution >= 0.6 is 0 Å². The van der Waals surface area contributed by atoms with Gasteiger partial charge in [-0.1, -0.05) is 26.2 Å². The van der Waals surface area contributed by atoms with Crippen molar-refractivity contribution in [1.82, 2.24) is 15.1 Å². The Morgan fingerprint density at radius 3 is 2.80 bits per heavy atom. The van der Waals surface area contributed by atoms with Gasteiger partial charge in [0.05, 0.1) is 12.2 Å². The number of rotatable bonds is 6. The molecule has 0 aliphatic heterocycles. The smallest absolute Gasteiger partial charge is 0.266 e. The Kier molecular flexibility index (Phi) is 5.77.